The number of aromatic hydroxyl groups is 1. The predicted octanol–water partition coefficient (Wildman–Crippen LogP) is 0.279. The second-order valence-electron chi connectivity index (χ2n) is 8.15. The fourth-order valence-electron chi connectivity index (χ4n) is 4.61. The highest BCUT2D eigenvalue weighted by atomic mass is 16.5. The number of amides is 2. The summed E-state index contributed by atoms with van der Waals surface area (Å²) >= 11 is 0. The zero-order valence-electron chi connectivity index (χ0n) is 17.4. The average molecular weight is 443 g/mol. The molecule has 4 rings (SSSR count). The normalized spacial score (nSPS) is 21.2. The Morgan fingerprint density at radius 1 is 1.19 bits per heavy atom. The first-order valence-electron chi connectivity index (χ1n) is 10.6. The molecule has 2 amide bonds. The van der Waals surface area contributed by atoms with Crippen molar-refractivity contribution in [3.63, 3.8) is 0 Å². The molecule has 11 heteroatoms. The highest BCUT2D eigenvalue weighted by molar-refractivity contribution is 5.94. The number of nitrogens with one attached hydrogen (secondary N) is 4. The van der Waals surface area contributed by atoms with Crippen LogP contribution in [0, 0.1) is 0 Å². The first-order valence-corrected chi connectivity index (χ1v) is 10.6. The van der Waals surface area contributed by atoms with Gasteiger partial charge in [-0.25, -0.2) is 4.79 Å². The molecule has 0 spiro atoms. The molecule has 1 aliphatic carbocycles. The zero-order valence-corrected chi connectivity index (χ0v) is 17.4. The van der Waals surface area contributed by atoms with E-state index in [1.165, 1.54) is 18.5 Å². The van der Waals surface area contributed by atoms with Crippen LogP contribution in [0.4, 0.5) is 0 Å². The number of nitrogens with zero attached hydrogens (tertiary/aromatic N) is 1. The van der Waals surface area contributed by atoms with Crippen LogP contribution in [0.25, 0.3) is 0 Å². The van der Waals surface area contributed by atoms with Crippen LogP contribution in [-0.2, 0) is 4.79 Å². The van der Waals surface area contributed by atoms with Crippen LogP contribution in [0.2, 0.25) is 0 Å². The van der Waals surface area contributed by atoms with Crippen molar-refractivity contribution in [1.82, 2.24) is 25.6 Å². The Morgan fingerprint density at radius 2 is 2.03 bits per heavy atom. The molecule has 5 N–H and O–H groups in total. The first-order chi connectivity index (χ1) is 15.4. The molecule has 0 radical (unpaired) electrons. The molecule has 1 aliphatic heterocycles. The SMILES string of the molecule is O=C(CCNC(=O)c1cncc(O)c1)NCC[C@@]12CCCC[C@@H]1c1c([nH]c(=O)[nH]c1=O)O2. The Bertz CT molecular complexity index is 1140. The van der Waals surface area contributed by atoms with Gasteiger partial charge in [-0.15, -0.1) is 0 Å². The second kappa shape index (κ2) is 8.85. The van der Waals surface area contributed by atoms with Gasteiger partial charge in [0.1, 0.15) is 11.4 Å². The van der Waals surface area contributed by atoms with Gasteiger partial charge in [-0.3, -0.25) is 29.3 Å². The lowest BCUT2D eigenvalue weighted by atomic mass is 9.72. The number of pyridine rings is 1. The van der Waals surface area contributed by atoms with Gasteiger partial charge < -0.3 is 20.5 Å². The van der Waals surface area contributed by atoms with Gasteiger partial charge in [-0.05, 0) is 25.3 Å². The molecule has 0 bridgehead atoms. The number of aromatic amines is 2. The molecule has 1 fully saturated rings. The summed E-state index contributed by atoms with van der Waals surface area (Å²) in [4.78, 5) is 56.8. The molecule has 3 heterocycles. The number of hydrogen-bond donors (Lipinski definition) is 5. The summed E-state index contributed by atoms with van der Waals surface area (Å²) in [5.74, 6) is -0.662. The van der Waals surface area contributed by atoms with Gasteiger partial charge in [0.05, 0.1) is 17.3 Å². The van der Waals surface area contributed by atoms with Crippen LogP contribution in [0.15, 0.2) is 28.0 Å². The zero-order chi connectivity index (χ0) is 22.7. The second-order valence-corrected chi connectivity index (χ2v) is 8.15. The predicted molar refractivity (Wildman–Crippen MR) is 113 cm³/mol. The highest BCUT2D eigenvalue weighted by Gasteiger charge is 2.51. The number of carbonyl (C=O) groups excluding carboxylic acids is 2. The van der Waals surface area contributed by atoms with Gasteiger partial charge in [-0.1, -0.05) is 6.42 Å². The van der Waals surface area contributed by atoms with Gasteiger partial charge in [-0.2, -0.15) is 0 Å². The van der Waals surface area contributed by atoms with E-state index in [0.29, 0.717) is 18.5 Å². The van der Waals surface area contributed by atoms with E-state index >= 15 is 0 Å². The van der Waals surface area contributed by atoms with E-state index in [4.69, 9.17) is 4.74 Å². The van der Waals surface area contributed by atoms with E-state index in [2.05, 4.69) is 25.6 Å². The molecule has 2 aliphatic rings. The van der Waals surface area contributed by atoms with Crippen LogP contribution in [0.1, 0.15) is 60.4 Å². The monoisotopic (exact) mass is 443 g/mol. The molecular weight excluding hydrogens is 418 g/mol. The van der Waals surface area contributed by atoms with E-state index < -0.39 is 22.8 Å². The first kappa shape index (κ1) is 21.6. The third-order valence-corrected chi connectivity index (χ3v) is 6.07. The van der Waals surface area contributed by atoms with Crippen LogP contribution < -0.4 is 26.6 Å². The summed E-state index contributed by atoms with van der Waals surface area (Å²) in [7, 11) is 0. The molecule has 32 heavy (non-hydrogen) atoms. The standard InChI is InChI=1S/C21H25N5O6/c27-13-9-12(10-22-11-13)17(29)24-7-4-15(28)23-8-6-21-5-2-1-3-14(21)16-18(30)25-20(31)26-19(16)32-21/h9-11,14,27H,1-8H2,(H,23,28)(H,24,29)(H2,25,26,30,31)/t14-,21+/m1/s1. The number of fused-ring (bicyclic) bond motifs is 3. The number of aromatic nitrogens is 3. The van der Waals surface area contributed by atoms with Crippen LogP contribution >= 0.6 is 0 Å². The summed E-state index contributed by atoms with van der Waals surface area (Å²) in [5, 5.41) is 14.8. The van der Waals surface area contributed by atoms with Crippen molar-refractivity contribution in [3.8, 4) is 11.6 Å². The summed E-state index contributed by atoms with van der Waals surface area (Å²) in [6.45, 7) is 0.475. The molecule has 2 atom stereocenters. The van der Waals surface area contributed by atoms with Crippen molar-refractivity contribution in [3.05, 3.63) is 50.4 Å². The van der Waals surface area contributed by atoms with Crippen LogP contribution in [0.5, 0.6) is 11.6 Å². The largest absolute Gasteiger partial charge is 0.506 e. The van der Waals surface area contributed by atoms with E-state index in [1.54, 1.807) is 0 Å². The quantitative estimate of drug-likeness (QED) is 0.410. The molecular formula is C21H25N5O6. The Balaban J connectivity index is 1.28. The number of ether oxygens (including phenoxy) is 1. The molecule has 2 aromatic heterocycles. The number of hydrogen-bond acceptors (Lipinski definition) is 7. The Morgan fingerprint density at radius 3 is 2.84 bits per heavy atom. The molecule has 0 aromatic carbocycles. The minimum Gasteiger partial charge on any atom is -0.506 e. The van der Waals surface area contributed by atoms with Crippen molar-refractivity contribution in [2.75, 3.05) is 13.1 Å². The lowest BCUT2D eigenvalue weighted by molar-refractivity contribution is -0.121. The fraction of sp³-hybridized carbons (Fsp3) is 0.476. The van der Waals surface area contributed by atoms with Gasteiger partial charge in [0.2, 0.25) is 11.8 Å². The highest BCUT2D eigenvalue weighted by Crippen LogP contribution is 2.51. The summed E-state index contributed by atoms with van der Waals surface area (Å²) in [6, 6.07) is 1.29. The van der Waals surface area contributed by atoms with Crippen molar-refractivity contribution in [2.24, 2.45) is 0 Å². The van der Waals surface area contributed by atoms with Crippen molar-refractivity contribution in [2.45, 2.75) is 50.0 Å². The van der Waals surface area contributed by atoms with Gasteiger partial charge >= 0.3 is 5.69 Å². The molecule has 0 unspecified atom stereocenters. The van der Waals surface area contributed by atoms with E-state index in [9.17, 15) is 24.3 Å². The molecule has 0 saturated heterocycles. The maximum atomic E-state index is 12.3. The molecule has 1 saturated carbocycles. The smallest absolute Gasteiger partial charge is 0.328 e. The maximum Gasteiger partial charge on any atom is 0.328 e. The summed E-state index contributed by atoms with van der Waals surface area (Å²) in [5.41, 5.74) is -0.945. The van der Waals surface area contributed by atoms with Crippen molar-refractivity contribution in [1.29, 1.82) is 0 Å². The van der Waals surface area contributed by atoms with Crippen LogP contribution in [0.3, 0.4) is 0 Å². The van der Waals surface area contributed by atoms with Crippen molar-refractivity contribution >= 4 is 11.8 Å². The number of rotatable bonds is 7. The minimum absolute atomic E-state index is 0.0858. The molecule has 11 nitrogen and oxygen atoms in total. The Hall–Kier alpha value is -3.63. The Labute approximate surface area is 182 Å². The third-order valence-electron chi connectivity index (χ3n) is 6.07. The lowest BCUT2D eigenvalue weighted by Crippen LogP contribution is -2.44. The van der Waals surface area contributed by atoms with Gasteiger partial charge in [0, 0.05) is 38.0 Å². The Kier molecular flexibility index (Phi) is 5.97. The average Bonchev–Trinajstić information content (AvgIpc) is 3.07. The van der Waals surface area contributed by atoms with Crippen molar-refractivity contribution < 1.29 is 19.4 Å². The van der Waals surface area contributed by atoms with Crippen LogP contribution in [-0.4, -0.2) is 50.6 Å². The van der Waals surface area contributed by atoms with Gasteiger partial charge in [0.15, 0.2) is 0 Å². The number of H-pyrrole nitrogens is 2. The van der Waals surface area contributed by atoms with Gasteiger partial charge in [0.25, 0.3) is 11.5 Å². The maximum absolute atomic E-state index is 12.3. The summed E-state index contributed by atoms with van der Waals surface area (Å²) in [6.07, 6.45) is 6.56. The van der Waals surface area contributed by atoms with E-state index in [0.717, 1.165) is 25.7 Å². The lowest BCUT2D eigenvalue weighted by Gasteiger charge is -2.38. The third kappa shape index (κ3) is 4.36. The van der Waals surface area contributed by atoms with E-state index in [1.807, 2.05) is 0 Å². The fourth-order valence-corrected chi connectivity index (χ4v) is 4.61. The summed E-state index contributed by atoms with van der Waals surface area (Å²) < 4.78 is 6.10. The molecule has 2 aromatic rings. The minimum atomic E-state index is -0.623. The topological polar surface area (TPSA) is 166 Å². The molecule has 170 valence electrons. The van der Waals surface area contributed by atoms with E-state index in [-0.39, 0.29) is 42.0 Å². The number of carbonyl (C=O) groups is 2.